The maximum atomic E-state index is 13.5. The minimum atomic E-state index is -1.42. The molecule has 2 rings (SSSR count). The summed E-state index contributed by atoms with van der Waals surface area (Å²) < 4.78 is 0. The molecule has 15 heteroatoms. The van der Waals surface area contributed by atoms with Crippen molar-refractivity contribution < 1.29 is 44.1 Å². The lowest BCUT2D eigenvalue weighted by molar-refractivity contribution is -0.143. The highest BCUT2D eigenvalue weighted by molar-refractivity contribution is 7.98. The molecule has 0 spiro atoms. The van der Waals surface area contributed by atoms with Crippen molar-refractivity contribution in [2.45, 2.75) is 62.7 Å². The van der Waals surface area contributed by atoms with E-state index >= 15 is 0 Å². The first kappa shape index (κ1) is 33.1. The summed E-state index contributed by atoms with van der Waals surface area (Å²) in [6, 6.07) is 2.03. The highest BCUT2D eigenvalue weighted by Gasteiger charge is 2.31. The van der Waals surface area contributed by atoms with Gasteiger partial charge in [0.15, 0.2) is 0 Å². The Balaban J connectivity index is 2.30. The van der Waals surface area contributed by atoms with Crippen molar-refractivity contribution in [3.8, 4) is 0 Å². The fraction of sp³-hybridized carbons (Fsp3) is 0.462. The van der Waals surface area contributed by atoms with Crippen molar-refractivity contribution in [2.24, 2.45) is 5.73 Å². The number of amides is 3. The molecule has 0 aliphatic heterocycles. The lowest BCUT2D eigenvalue weighted by Crippen LogP contribution is -2.57. The van der Waals surface area contributed by atoms with E-state index in [9.17, 15) is 33.9 Å². The van der Waals surface area contributed by atoms with Gasteiger partial charge in [-0.2, -0.15) is 11.8 Å². The number of hydrogen-bond donors (Lipinski definition) is 8. The third-order valence-electron chi connectivity index (χ3n) is 6.24. The Bertz CT molecular complexity index is 1250. The molecule has 14 nitrogen and oxygen atoms in total. The minimum absolute atomic E-state index is 0.0496. The van der Waals surface area contributed by atoms with Gasteiger partial charge in [0, 0.05) is 36.4 Å². The molecular formula is C26H35N5O9S. The lowest BCUT2D eigenvalue weighted by Gasteiger charge is -2.25. The van der Waals surface area contributed by atoms with Crippen LogP contribution in [0.4, 0.5) is 0 Å². The molecule has 1 aromatic heterocycles. The molecule has 41 heavy (non-hydrogen) atoms. The van der Waals surface area contributed by atoms with Gasteiger partial charge in [-0.15, -0.1) is 0 Å². The number of benzene rings is 1. The molecule has 0 saturated carbocycles. The first-order valence-corrected chi connectivity index (χ1v) is 14.2. The molecule has 4 unspecified atom stereocenters. The Morgan fingerprint density at radius 3 is 2.05 bits per heavy atom. The maximum Gasteiger partial charge on any atom is 0.326 e. The molecule has 224 valence electrons. The standard InChI is InChI=1S/C26H35N5O9S/c1-41-11-10-19(26(39)40)30-24(37)18(7-9-22(34)35)29-25(38)20(31-23(36)16(27)6-8-21(32)33)12-14-13-28-17-5-3-2-4-15(14)17/h2-5,13,16,18-20,28H,6-12,27H2,1H3,(H,29,38)(H,30,37)(H,31,36)(H,32,33)(H,34,35)(H,39,40). The SMILES string of the molecule is CSCCC(NC(=O)C(CCC(=O)O)NC(=O)C(Cc1c[nH]c2ccccc12)NC(=O)C(N)CCC(=O)O)C(=O)O. The van der Waals surface area contributed by atoms with Gasteiger partial charge in [0.05, 0.1) is 6.04 Å². The first-order chi connectivity index (χ1) is 19.4. The minimum Gasteiger partial charge on any atom is -0.481 e. The number of para-hydroxylation sites is 1. The highest BCUT2D eigenvalue weighted by Crippen LogP contribution is 2.19. The summed E-state index contributed by atoms with van der Waals surface area (Å²) in [5.74, 6) is -5.74. The molecule has 0 fully saturated rings. The van der Waals surface area contributed by atoms with E-state index in [2.05, 4.69) is 20.9 Å². The van der Waals surface area contributed by atoms with E-state index in [4.69, 9.17) is 15.9 Å². The molecular weight excluding hydrogens is 558 g/mol. The number of carbonyl (C=O) groups is 6. The number of aliphatic carboxylic acids is 3. The molecule has 1 heterocycles. The number of thioether (sulfide) groups is 1. The van der Waals surface area contributed by atoms with Crippen LogP contribution in [0.5, 0.6) is 0 Å². The Morgan fingerprint density at radius 1 is 0.829 bits per heavy atom. The van der Waals surface area contributed by atoms with Crippen LogP contribution in [-0.2, 0) is 35.2 Å². The highest BCUT2D eigenvalue weighted by atomic mass is 32.2. The normalized spacial score (nSPS) is 13.9. The number of rotatable bonds is 18. The van der Waals surface area contributed by atoms with Crippen LogP contribution in [0, 0.1) is 0 Å². The van der Waals surface area contributed by atoms with Crippen LogP contribution in [0.1, 0.15) is 37.7 Å². The zero-order valence-corrected chi connectivity index (χ0v) is 23.2. The van der Waals surface area contributed by atoms with Crippen LogP contribution in [0.15, 0.2) is 30.5 Å². The van der Waals surface area contributed by atoms with Crippen molar-refractivity contribution in [3.05, 3.63) is 36.0 Å². The van der Waals surface area contributed by atoms with E-state index in [0.717, 1.165) is 10.9 Å². The summed E-state index contributed by atoms with van der Waals surface area (Å²) in [6.07, 6.45) is 2.09. The van der Waals surface area contributed by atoms with Crippen molar-refractivity contribution in [1.29, 1.82) is 0 Å². The van der Waals surface area contributed by atoms with Gasteiger partial charge in [-0.25, -0.2) is 4.79 Å². The number of nitrogens with one attached hydrogen (secondary N) is 4. The summed E-state index contributed by atoms with van der Waals surface area (Å²) in [7, 11) is 0. The molecule has 0 radical (unpaired) electrons. The summed E-state index contributed by atoms with van der Waals surface area (Å²) in [4.78, 5) is 76.0. The fourth-order valence-electron chi connectivity index (χ4n) is 3.99. The van der Waals surface area contributed by atoms with E-state index in [0.29, 0.717) is 11.3 Å². The van der Waals surface area contributed by atoms with Crippen molar-refractivity contribution in [2.75, 3.05) is 12.0 Å². The average Bonchev–Trinajstić information content (AvgIpc) is 3.33. The zero-order valence-electron chi connectivity index (χ0n) is 22.4. The number of aromatic amines is 1. The Morgan fingerprint density at radius 2 is 1.41 bits per heavy atom. The molecule has 0 aliphatic rings. The number of fused-ring (bicyclic) bond motifs is 1. The zero-order chi connectivity index (χ0) is 30.5. The van der Waals surface area contributed by atoms with Gasteiger partial charge in [-0.3, -0.25) is 24.0 Å². The van der Waals surface area contributed by atoms with E-state index in [1.165, 1.54) is 11.8 Å². The van der Waals surface area contributed by atoms with E-state index in [-0.39, 0.29) is 32.1 Å². The number of carbonyl (C=O) groups excluding carboxylic acids is 3. The predicted octanol–water partition coefficient (Wildman–Crippen LogP) is 0.0594. The second-order valence-corrected chi connectivity index (χ2v) is 10.3. The van der Waals surface area contributed by atoms with Crippen LogP contribution in [0.2, 0.25) is 0 Å². The molecule has 4 atom stereocenters. The monoisotopic (exact) mass is 593 g/mol. The van der Waals surface area contributed by atoms with E-state index in [1.54, 1.807) is 24.6 Å². The topological polar surface area (TPSA) is 241 Å². The predicted molar refractivity (Wildman–Crippen MR) is 150 cm³/mol. The smallest absolute Gasteiger partial charge is 0.326 e. The molecule has 0 saturated heterocycles. The van der Waals surface area contributed by atoms with Gasteiger partial charge in [0.1, 0.15) is 18.1 Å². The van der Waals surface area contributed by atoms with E-state index in [1.807, 2.05) is 12.1 Å². The summed E-state index contributed by atoms with van der Waals surface area (Å²) in [5.41, 5.74) is 7.25. The molecule has 1 aromatic carbocycles. The number of hydrogen-bond acceptors (Lipinski definition) is 8. The van der Waals surface area contributed by atoms with Crippen molar-refractivity contribution >= 4 is 58.3 Å². The van der Waals surface area contributed by atoms with Gasteiger partial charge in [0.25, 0.3) is 0 Å². The fourth-order valence-corrected chi connectivity index (χ4v) is 4.46. The lowest BCUT2D eigenvalue weighted by atomic mass is 10.0. The second kappa shape index (κ2) is 16.2. The van der Waals surface area contributed by atoms with Gasteiger partial charge < -0.3 is 42.0 Å². The number of carboxylic acid groups (broad SMARTS) is 3. The maximum absolute atomic E-state index is 13.5. The molecule has 0 aliphatic carbocycles. The Labute approximate surface area is 239 Å². The van der Waals surface area contributed by atoms with Crippen LogP contribution >= 0.6 is 11.8 Å². The van der Waals surface area contributed by atoms with Crippen LogP contribution < -0.4 is 21.7 Å². The molecule has 0 bridgehead atoms. The van der Waals surface area contributed by atoms with E-state index < -0.39 is 66.2 Å². The Kier molecular flexibility index (Phi) is 13.1. The largest absolute Gasteiger partial charge is 0.481 e. The summed E-state index contributed by atoms with van der Waals surface area (Å²) >= 11 is 1.38. The van der Waals surface area contributed by atoms with Crippen molar-refractivity contribution in [3.63, 3.8) is 0 Å². The quantitative estimate of drug-likeness (QED) is 0.115. The van der Waals surface area contributed by atoms with Gasteiger partial charge in [0.2, 0.25) is 17.7 Å². The first-order valence-electron chi connectivity index (χ1n) is 12.8. The van der Waals surface area contributed by atoms with Gasteiger partial charge in [-0.05, 0) is 42.9 Å². The second-order valence-electron chi connectivity index (χ2n) is 9.34. The number of carboxylic acids is 3. The van der Waals surface area contributed by atoms with Crippen LogP contribution in [0.25, 0.3) is 10.9 Å². The third kappa shape index (κ3) is 10.8. The number of H-pyrrole nitrogens is 1. The third-order valence-corrected chi connectivity index (χ3v) is 6.89. The van der Waals surface area contributed by atoms with Gasteiger partial charge in [-0.1, -0.05) is 18.2 Å². The van der Waals surface area contributed by atoms with Crippen LogP contribution in [0.3, 0.4) is 0 Å². The van der Waals surface area contributed by atoms with Crippen LogP contribution in [-0.4, -0.2) is 92.1 Å². The Hall–Kier alpha value is -4.11. The van der Waals surface area contributed by atoms with Gasteiger partial charge >= 0.3 is 17.9 Å². The van der Waals surface area contributed by atoms with Crippen molar-refractivity contribution in [1.82, 2.24) is 20.9 Å². The number of aromatic nitrogens is 1. The summed E-state index contributed by atoms with van der Waals surface area (Å²) in [5, 5.41) is 35.6. The average molecular weight is 594 g/mol. The molecule has 9 N–H and O–H groups in total. The molecule has 2 aromatic rings. The number of nitrogens with two attached hydrogens (primary N) is 1. The summed E-state index contributed by atoms with van der Waals surface area (Å²) in [6.45, 7) is 0. The molecule has 3 amide bonds.